The van der Waals surface area contributed by atoms with Crippen LogP contribution in [0.25, 0.3) is 0 Å². The number of amides is 1. The average molecular weight is 555 g/mol. The van der Waals surface area contributed by atoms with Crippen molar-refractivity contribution < 1.29 is 4.79 Å². The number of para-hydroxylation sites is 1. The maximum absolute atomic E-state index is 12.4. The van der Waals surface area contributed by atoms with Crippen LogP contribution in [0.3, 0.4) is 0 Å². The molecule has 2 N–H and O–H groups in total. The molecule has 1 saturated carbocycles. The summed E-state index contributed by atoms with van der Waals surface area (Å²) in [6.07, 6.45) is 5.66. The fraction of sp³-hybridized carbons (Fsp3) is 0.667. The number of nitrogens with zero attached hydrogens (tertiary/aromatic N) is 4. The molecule has 2 aliphatic heterocycles. The molecule has 3 fully saturated rings. The maximum atomic E-state index is 12.4. The summed E-state index contributed by atoms with van der Waals surface area (Å²) >= 11 is 0. The van der Waals surface area contributed by atoms with Gasteiger partial charge in [-0.05, 0) is 37.8 Å². The Kier molecular flexibility index (Phi) is 9.90. The first-order valence-electron chi connectivity index (χ1n) is 12.0. The van der Waals surface area contributed by atoms with Gasteiger partial charge in [0, 0.05) is 77.1 Å². The Morgan fingerprint density at radius 3 is 2.28 bits per heavy atom. The van der Waals surface area contributed by atoms with Gasteiger partial charge in [-0.25, -0.2) is 0 Å². The van der Waals surface area contributed by atoms with Crippen molar-refractivity contribution in [2.24, 2.45) is 10.9 Å². The summed E-state index contributed by atoms with van der Waals surface area (Å²) in [6, 6.07) is 11.1. The molecule has 8 heteroatoms. The molecule has 0 bridgehead atoms. The van der Waals surface area contributed by atoms with E-state index in [1.165, 1.54) is 12.1 Å². The van der Waals surface area contributed by atoms with E-state index in [9.17, 15) is 4.79 Å². The number of nitrogens with one attached hydrogen (secondary N) is 2. The van der Waals surface area contributed by atoms with E-state index in [1.807, 2.05) is 7.05 Å². The van der Waals surface area contributed by atoms with E-state index in [1.54, 1.807) is 0 Å². The van der Waals surface area contributed by atoms with Crippen LogP contribution in [-0.4, -0.2) is 87.1 Å². The van der Waals surface area contributed by atoms with Crippen LogP contribution in [-0.2, 0) is 4.79 Å². The molecule has 0 atom stereocenters. The Hall–Kier alpha value is -1.55. The molecule has 1 amide bonds. The van der Waals surface area contributed by atoms with Gasteiger partial charge in [-0.15, -0.1) is 24.0 Å². The summed E-state index contributed by atoms with van der Waals surface area (Å²) in [5.74, 6) is 1.62. The largest absolute Gasteiger partial charge is 0.371 e. The number of anilines is 1. The molecule has 0 unspecified atom stereocenters. The van der Waals surface area contributed by atoms with Crippen molar-refractivity contribution >= 4 is 41.5 Å². The van der Waals surface area contributed by atoms with Gasteiger partial charge in [0.2, 0.25) is 5.91 Å². The molecule has 2 heterocycles. The topological polar surface area (TPSA) is 63.2 Å². The summed E-state index contributed by atoms with van der Waals surface area (Å²) in [4.78, 5) is 23.8. The van der Waals surface area contributed by atoms with E-state index in [0.29, 0.717) is 17.9 Å². The van der Waals surface area contributed by atoms with Crippen molar-refractivity contribution in [1.82, 2.24) is 20.4 Å². The Morgan fingerprint density at radius 1 is 1.00 bits per heavy atom. The number of hydrogen-bond acceptors (Lipinski definition) is 4. The lowest BCUT2D eigenvalue weighted by atomic mass is 9.84. The molecule has 1 aromatic carbocycles. The van der Waals surface area contributed by atoms with Gasteiger partial charge in [0.15, 0.2) is 5.96 Å². The number of carbonyl (C=O) groups excluding carboxylic acids is 1. The van der Waals surface area contributed by atoms with Crippen molar-refractivity contribution in [2.45, 2.75) is 38.1 Å². The molecule has 4 rings (SSSR count). The van der Waals surface area contributed by atoms with E-state index in [0.717, 1.165) is 84.0 Å². The lowest BCUT2D eigenvalue weighted by Crippen LogP contribution is -2.53. The van der Waals surface area contributed by atoms with Gasteiger partial charge in [0.25, 0.3) is 0 Å². The highest BCUT2D eigenvalue weighted by Gasteiger charge is 2.31. The van der Waals surface area contributed by atoms with Crippen LogP contribution in [0.2, 0.25) is 0 Å². The first-order chi connectivity index (χ1) is 15.2. The Balaban J connectivity index is 0.00000289. The fourth-order valence-electron chi connectivity index (χ4n) is 4.75. The number of rotatable bonds is 6. The number of aliphatic imine (C=N–C) groups is 1. The Bertz CT molecular complexity index is 725. The molecule has 0 spiro atoms. The maximum Gasteiger partial charge on any atom is 0.225 e. The standard InChI is InChI=1S/C24H38N6O.HI/c1-25-24(27-21-10-13-29(14-11-21)22-8-3-2-4-9-22)26-12-15-28-16-18-30(19-17-28)23(31)20-6-5-7-20;/h2-4,8-9,20-21H,5-7,10-19H2,1H3,(H2,25,26,27);1H. The van der Waals surface area contributed by atoms with Crippen LogP contribution < -0.4 is 15.5 Å². The minimum absolute atomic E-state index is 0. The average Bonchev–Trinajstić information content (AvgIpc) is 2.78. The van der Waals surface area contributed by atoms with Crippen molar-refractivity contribution in [3.8, 4) is 0 Å². The number of piperidine rings is 1. The normalized spacial score (nSPS) is 21.0. The van der Waals surface area contributed by atoms with Crippen LogP contribution in [0.1, 0.15) is 32.1 Å². The molecule has 1 aliphatic carbocycles. The summed E-state index contributed by atoms with van der Waals surface area (Å²) < 4.78 is 0. The predicted octanol–water partition coefficient (Wildman–Crippen LogP) is 2.38. The van der Waals surface area contributed by atoms with Gasteiger partial charge < -0.3 is 20.4 Å². The van der Waals surface area contributed by atoms with Gasteiger partial charge in [-0.2, -0.15) is 0 Å². The number of carbonyl (C=O) groups is 1. The number of halogens is 1. The second kappa shape index (κ2) is 12.6. The lowest BCUT2D eigenvalue weighted by molar-refractivity contribution is -0.139. The number of hydrogen-bond donors (Lipinski definition) is 2. The zero-order chi connectivity index (χ0) is 21.5. The summed E-state index contributed by atoms with van der Waals surface area (Å²) in [6.45, 7) is 7.71. The van der Waals surface area contributed by atoms with Crippen LogP contribution in [0.4, 0.5) is 5.69 Å². The van der Waals surface area contributed by atoms with E-state index in [2.05, 4.69) is 60.7 Å². The minimum atomic E-state index is 0. The Labute approximate surface area is 210 Å². The van der Waals surface area contributed by atoms with E-state index >= 15 is 0 Å². The summed E-state index contributed by atoms with van der Waals surface area (Å²) in [5.41, 5.74) is 1.32. The zero-order valence-corrected chi connectivity index (χ0v) is 21.7. The molecular weight excluding hydrogens is 515 g/mol. The van der Waals surface area contributed by atoms with Gasteiger partial charge in [0.05, 0.1) is 0 Å². The lowest BCUT2D eigenvalue weighted by Gasteiger charge is -2.38. The summed E-state index contributed by atoms with van der Waals surface area (Å²) in [5, 5.41) is 7.08. The van der Waals surface area contributed by atoms with Gasteiger partial charge in [-0.3, -0.25) is 14.7 Å². The molecule has 3 aliphatic rings. The zero-order valence-electron chi connectivity index (χ0n) is 19.3. The molecule has 178 valence electrons. The third-order valence-corrected chi connectivity index (χ3v) is 7.04. The third-order valence-electron chi connectivity index (χ3n) is 7.04. The molecule has 7 nitrogen and oxygen atoms in total. The summed E-state index contributed by atoms with van der Waals surface area (Å²) in [7, 11) is 1.85. The molecular formula is C24H39IN6O. The van der Waals surface area contributed by atoms with Gasteiger partial charge >= 0.3 is 0 Å². The van der Waals surface area contributed by atoms with Crippen molar-refractivity contribution in [2.75, 3.05) is 64.3 Å². The van der Waals surface area contributed by atoms with Crippen LogP contribution >= 0.6 is 24.0 Å². The fourth-order valence-corrected chi connectivity index (χ4v) is 4.75. The van der Waals surface area contributed by atoms with Crippen molar-refractivity contribution in [3.63, 3.8) is 0 Å². The van der Waals surface area contributed by atoms with Gasteiger partial charge in [0.1, 0.15) is 0 Å². The van der Waals surface area contributed by atoms with E-state index in [-0.39, 0.29) is 24.0 Å². The molecule has 2 saturated heterocycles. The van der Waals surface area contributed by atoms with E-state index in [4.69, 9.17) is 0 Å². The highest BCUT2D eigenvalue weighted by atomic mass is 127. The number of piperazine rings is 1. The van der Waals surface area contributed by atoms with Crippen molar-refractivity contribution in [1.29, 1.82) is 0 Å². The smallest absolute Gasteiger partial charge is 0.225 e. The second-order valence-corrected chi connectivity index (χ2v) is 9.03. The van der Waals surface area contributed by atoms with E-state index < -0.39 is 0 Å². The highest BCUT2D eigenvalue weighted by molar-refractivity contribution is 14.0. The monoisotopic (exact) mass is 554 g/mol. The predicted molar refractivity (Wildman–Crippen MR) is 142 cm³/mol. The second-order valence-electron chi connectivity index (χ2n) is 9.03. The molecule has 0 radical (unpaired) electrons. The van der Waals surface area contributed by atoms with Crippen LogP contribution in [0.5, 0.6) is 0 Å². The molecule has 32 heavy (non-hydrogen) atoms. The first kappa shape index (κ1) is 25.1. The third kappa shape index (κ3) is 6.73. The SMILES string of the molecule is CN=C(NCCN1CCN(C(=O)C2CCC2)CC1)NC1CCN(c2ccccc2)CC1.I. The molecule has 1 aromatic rings. The minimum Gasteiger partial charge on any atom is -0.371 e. The molecule has 0 aromatic heterocycles. The number of benzene rings is 1. The van der Waals surface area contributed by atoms with Crippen molar-refractivity contribution in [3.05, 3.63) is 30.3 Å². The highest BCUT2D eigenvalue weighted by Crippen LogP contribution is 2.28. The first-order valence-corrected chi connectivity index (χ1v) is 12.0. The Morgan fingerprint density at radius 2 is 1.69 bits per heavy atom. The van der Waals surface area contributed by atoms with Crippen LogP contribution in [0.15, 0.2) is 35.3 Å². The van der Waals surface area contributed by atoms with Crippen LogP contribution in [0, 0.1) is 5.92 Å². The van der Waals surface area contributed by atoms with Gasteiger partial charge in [-0.1, -0.05) is 24.6 Å². The quantitative estimate of drug-likeness (QED) is 0.322. The number of guanidine groups is 1.